The van der Waals surface area contributed by atoms with Crippen LogP contribution in [0.3, 0.4) is 0 Å². The first-order valence-electron chi connectivity index (χ1n) is 8.94. The molecule has 2 aromatic carbocycles. The Morgan fingerprint density at radius 2 is 1.69 bits per heavy atom. The standard InChI is InChI=1S/C21H22Cl2N2O/c1-24-10-8-17-18-12-16(23)6-7-19(18)25(20(17)9-11-24)13-21(26)14-2-4-15(22)5-3-14/h2-7,12,21,26H,8-11,13H2,1H3. The number of aromatic nitrogens is 1. The molecule has 0 saturated heterocycles. The van der Waals surface area contributed by atoms with E-state index in [1.165, 1.54) is 16.6 Å². The minimum atomic E-state index is -0.580. The molecular formula is C21H22Cl2N2O. The summed E-state index contributed by atoms with van der Waals surface area (Å²) in [4.78, 5) is 2.36. The van der Waals surface area contributed by atoms with Crippen molar-refractivity contribution in [2.75, 3.05) is 20.1 Å². The Bertz CT molecular complexity index is 933. The minimum Gasteiger partial charge on any atom is -0.387 e. The molecule has 0 amide bonds. The topological polar surface area (TPSA) is 28.4 Å². The fourth-order valence-corrected chi connectivity index (χ4v) is 4.20. The van der Waals surface area contributed by atoms with Gasteiger partial charge in [-0.1, -0.05) is 35.3 Å². The van der Waals surface area contributed by atoms with Gasteiger partial charge in [0, 0.05) is 46.2 Å². The molecule has 0 radical (unpaired) electrons. The van der Waals surface area contributed by atoms with Crippen LogP contribution in [0.4, 0.5) is 0 Å². The normalized spacial score (nSPS) is 16.5. The Hall–Kier alpha value is -1.52. The van der Waals surface area contributed by atoms with Crippen molar-refractivity contribution in [3.8, 4) is 0 Å². The third kappa shape index (κ3) is 3.37. The lowest BCUT2D eigenvalue weighted by molar-refractivity contribution is 0.157. The summed E-state index contributed by atoms with van der Waals surface area (Å²) in [5.41, 5.74) is 4.72. The van der Waals surface area contributed by atoms with E-state index in [1.807, 2.05) is 30.3 Å². The molecule has 0 spiro atoms. The first kappa shape index (κ1) is 17.9. The number of aliphatic hydroxyl groups excluding tert-OH is 1. The van der Waals surface area contributed by atoms with Crippen LogP contribution < -0.4 is 0 Å². The van der Waals surface area contributed by atoms with Gasteiger partial charge in [0.05, 0.1) is 12.6 Å². The Labute approximate surface area is 163 Å². The zero-order chi connectivity index (χ0) is 18.3. The zero-order valence-corrected chi connectivity index (χ0v) is 16.3. The highest BCUT2D eigenvalue weighted by Gasteiger charge is 2.22. The molecule has 1 aromatic heterocycles. The van der Waals surface area contributed by atoms with E-state index in [4.69, 9.17) is 23.2 Å². The maximum atomic E-state index is 10.8. The van der Waals surface area contributed by atoms with Gasteiger partial charge in [0.15, 0.2) is 0 Å². The molecule has 136 valence electrons. The van der Waals surface area contributed by atoms with Gasteiger partial charge in [0.1, 0.15) is 0 Å². The maximum absolute atomic E-state index is 10.8. The van der Waals surface area contributed by atoms with E-state index in [2.05, 4.69) is 28.6 Å². The van der Waals surface area contributed by atoms with E-state index in [9.17, 15) is 5.11 Å². The summed E-state index contributed by atoms with van der Waals surface area (Å²) in [6.07, 6.45) is 1.40. The predicted molar refractivity (Wildman–Crippen MR) is 108 cm³/mol. The summed E-state index contributed by atoms with van der Waals surface area (Å²) in [6.45, 7) is 2.59. The Kier molecular flexibility index (Phi) is 4.98. The molecule has 1 aliphatic heterocycles. The first-order valence-corrected chi connectivity index (χ1v) is 9.70. The SMILES string of the molecule is CN1CCc2c(n(CC(O)c3ccc(Cl)cc3)c3ccc(Cl)cc23)CC1. The highest BCUT2D eigenvalue weighted by Crippen LogP contribution is 2.33. The Morgan fingerprint density at radius 1 is 1.00 bits per heavy atom. The Balaban J connectivity index is 1.77. The molecule has 0 fully saturated rings. The van der Waals surface area contributed by atoms with Crippen LogP contribution >= 0.6 is 23.2 Å². The second-order valence-corrected chi connectivity index (χ2v) is 7.94. The van der Waals surface area contributed by atoms with Gasteiger partial charge in [-0.3, -0.25) is 0 Å². The molecular weight excluding hydrogens is 367 g/mol. The van der Waals surface area contributed by atoms with Crippen molar-refractivity contribution in [2.24, 2.45) is 0 Å². The van der Waals surface area contributed by atoms with Gasteiger partial charge >= 0.3 is 0 Å². The molecule has 5 heteroatoms. The van der Waals surface area contributed by atoms with Gasteiger partial charge in [-0.15, -0.1) is 0 Å². The summed E-state index contributed by atoms with van der Waals surface area (Å²) in [7, 11) is 2.16. The van der Waals surface area contributed by atoms with Crippen LogP contribution in [-0.2, 0) is 19.4 Å². The fourth-order valence-electron chi connectivity index (χ4n) is 3.90. The number of benzene rings is 2. The van der Waals surface area contributed by atoms with Crippen molar-refractivity contribution in [1.82, 2.24) is 9.47 Å². The molecule has 1 N–H and O–H groups in total. The van der Waals surface area contributed by atoms with Crippen LogP contribution in [0.15, 0.2) is 42.5 Å². The highest BCUT2D eigenvalue weighted by atomic mass is 35.5. The quantitative estimate of drug-likeness (QED) is 0.703. The smallest absolute Gasteiger partial charge is 0.0969 e. The van der Waals surface area contributed by atoms with Gasteiger partial charge in [0.25, 0.3) is 0 Å². The molecule has 26 heavy (non-hydrogen) atoms. The summed E-state index contributed by atoms with van der Waals surface area (Å²) < 4.78 is 2.28. The highest BCUT2D eigenvalue weighted by molar-refractivity contribution is 6.31. The van der Waals surface area contributed by atoms with Gasteiger partial charge in [-0.2, -0.15) is 0 Å². The van der Waals surface area contributed by atoms with Crippen molar-refractivity contribution in [2.45, 2.75) is 25.5 Å². The van der Waals surface area contributed by atoms with E-state index in [0.717, 1.165) is 42.0 Å². The average Bonchev–Trinajstić information content (AvgIpc) is 2.76. The number of halogens is 2. The van der Waals surface area contributed by atoms with E-state index >= 15 is 0 Å². The second-order valence-electron chi connectivity index (χ2n) is 7.07. The summed E-state index contributed by atoms with van der Waals surface area (Å²) in [5, 5.41) is 13.5. The molecule has 0 aliphatic carbocycles. The predicted octanol–water partition coefficient (Wildman–Crippen LogP) is 4.71. The number of rotatable bonds is 3. The lowest BCUT2D eigenvalue weighted by Crippen LogP contribution is -2.21. The van der Waals surface area contributed by atoms with E-state index in [0.29, 0.717) is 11.6 Å². The second kappa shape index (κ2) is 7.24. The average molecular weight is 389 g/mol. The molecule has 0 saturated carbocycles. The first-order chi connectivity index (χ1) is 12.5. The largest absolute Gasteiger partial charge is 0.387 e. The van der Waals surface area contributed by atoms with Crippen LogP contribution in [0.5, 0.6) is 0 Å². The fraction of sp³-hybridized carbons (Fsp3) is 0.333. The Morgan fingerprint density at radius 3 is 2.46 bits per heavy atom. The monoisotopic (exact) mass is 388 g/mol. The molecule has 1 aliphatic rings. The zero-order valence-electron chi connectivity index (χ0n) is 14.8. The molecule has 3 nitrogen and oxygen atoms in total. The summed E-state index contributed by atoms with van der Waals surface area (Å²) in [6, 6.07) is 13.5. The number of likely N-dealkylation sites (N-methyl/N-ethyl adjacent to an activating group) is 1. The molecule has 3 aromatic rings. The van der Waals surface area contributed by atoms with Crippen LogP contribution in [0.1, 0.15) is 22.9 Å². The number of nitrogens with zero attached hydrogens (tertiary/aromatic N) is 2. The number of hydrogen-bond donors (Lipinski definition) is 1. The van der Waals surface area contributed by atoms with Gasteiger partial charge in [0.2, 0.25) is 0 Å². The van der Waals surface area contributed by atoms with E-state index < -0.39 is 6.10 Å². The van der Waals surface area contributed by atoms with Crippen molar-refractivity contribution in [3.05, 3.63) is 69.3 Å². The minimum absolute atomic E-state index is 0.527. The number of fused-ring (bicyclic) bond motifs is 3. The molecule has 0 bridgehead atoms. The molecule has 4 rings (SSSR count). The van der Waals surface area contributed by atoms with Crippen molar-refractivity contribution in [3.63, 3.8) is 0 Å². The van der Waals surface area contributed by atoms with E-state index in [1.54, 1.807) is 0 Å². The van der Waals surface area contributed by atoms with Gasteiger partial charge in [-0.05, 0) is 54.9 Å². The van der Waals surface area contributed by atoms with E-state index in [-0.39, 0.29) is 0 Å². The lowest BCUT2D eigenvalue weighted by atomic mass is 10.1. The molecule has 1 unspecified atom stereocenters. The number of aliphatic hydroxyl groups is 1. The third-order valence-electron chi connectivity index (χ3n) is 5.33. The van der Waals surface area contributed by atoms with Gasteiger partial charge < -0.3 is 14.6 Å². The molecule has 2 heterocycles. The lowest BCUT2D eigenvalue weighted by Gasteiger charge is -2.17. The van der Waals surface area contributed by atoms with Crippen molar-refractivity contribution < 1.29 is 5.11 Å². The maximum Gasteiger partial charge on any atom is 0.0969 e. The van der Waals surface area contributed by atoms with Crippen LogP contribution in [0.2, 0.25) is 10.0 Å². The summed E-state index contributed by atoms with van der Waals surface area (Å²) >= 11 is 12.2. The van der Waals surface area contributed by atoms with Crippen molar-refractivity contribution in [1.29, 1.82) is 0 Å². The van der Waals surface area contributed by atoms with Crippen LogP contribution in [0, 0.1) is 0 Å². The molecule has 1 atom stereocenters. The summed E-state index contributed by atoms with van der Waals surface area (Å²) in [5.74, 6) is 0. The van der Waals surface area contributed by atoms with Gasteiger partial charge in [-0.25, -0.2) is 0 Å². The third-order valence-corrected chi connectivity index (χ3v) is 5.82. The van der Waals surface area contributed by atoms with Crippen LogP contribution in [-0.4, -0.2) is 34.7 Å². The van der Waals surface area contributed by atoms with Crippen LogP contribution in [0.25, 0.3) is 10.9 Å². The number of hydrogen-bond acceptors (Lipinski definition) is 2. The van der Waals surface area contributed by atoms with Crippen molar-refractivity contribution >= 4 is 34.1 Å².